The molecule has 6 nitrogen and oxygen atoms in total. The van der Waals surface area contributed by atoms with Crippen molar-refractivity contribution in [1.29, 1.82) is 0 Å². The van der Waals surface area contributed by atoms with Crippen LogP contribution in [0.15, 0.2) is 28.7 Å². The minimum Gasteiger partial charge on any atom is -0.497 e. The SMILES string of the molecule is CNC(C)c1nnc(NCc2cccc(OC)c2)o1. The smallest absolute Gasteiger partial charge is 0.315 e. The maximum atomic E-state index is 5.49. The van der Waals surface area contributed by atoms with Crippen LogP contribution < -0.4 is 15.4 Å². The Kier molecular flexibility index (Phi) is 4.35. The van der Waals surface area contributed by atoms with Crippen molar-refractivity contribution in [3.63, 3.8) is 0 Å². The van der Waals surface area contributed by atoms with E-state index in [0.717, 1.165) is 11.3 Å². The molecule has 0 aliphatic rings. The third kappa shape index (κ3) is 3.45. The quantitative estimate of drug-likeness (QED) is 0.829. The van der Waals surface area contributed by atoms with E-state index in [1.54, 1.807) is 7.11 Å². The van der Waals surface area contributed by atoms with Crippen molar-refractivity contribution in [3.05, 3.63) is 35.7 Å². The average molecular weight is 262 g/mol. The molecule has 1 aromatic carbocycles. The molecule has 0 saturated carbocycles. The van der Waals surface area contributed by atoms with Crippen LogP contribution in [-0.4, -0.2) is 24.4 Å². The number of hydrogen-bond donors (Lipinski definition) is 2. The number of rotatable bonds is 6. The highest BCUT2D eigenvalue weighted by Gasteiger charge is 2.11. The highest BCUT2D eigenvalue weighted by molar-refractivity contribution is 5.31. The van der Waals surface area contributed by atoms with Gasteiger partial charge >= 0.3 is 6.01 Å². The van der Waals surface area contributed by atoms with Crippen molar-refractivity contribution in [2.45, 2.75) is 19.5 Å². The summed E-state index contributed by atoms with van der Waals surface area (Å²) in [5.41, 5.74) is 1.08. The molecule has 1 heterocycles. The van der Waals surface area contributed by atoms with Crippen molar-refractivity contribution < 1.29 is 9.15 Å². The number of methoxy groups -OCH3 is 1. The van der Waals surface area contributed by atoms with Crippen molar-refractivity contribution in [3.8, 4) is 5.75 Å². The summed E-state index contributed by atoms with van der Waals surface area (Å²) in [4.78, 5) is 0. The van der Waals surface area contributed by atoms with E-state index in [1.807, 2.05) is 38.2 Å². The summed E-state index contributed by atoms with van der Waals surface area (Å²) in [6.07, 6.45) is 0. The van der Waals surface area contributed by atoms with E-state index in [0.29, 0.717) is 18.5 Å². The van der Waals surface area contributed by atoms with E-state index in [1.165, 1.54) is 0 Å². The molecule has 0 radical (unpaired) electrons. The Labute approximate surface area is 112 Å². The summed E-state index contributed by atoms with van der Waals surface area (Å²) in [6, 6.07) is 8.27. The second-order valence-electron chi connectivity index (χ2n) is 4.16. The third-order valence-corrected chi connectivity index (χ3v) is 2.82. The highest BCUT2D eigenvalue weighted by atomic mass is 16.5. The normalized spacial score (nSPS) is 12.2. The number of nitrogens with one attached hydrogen (secondary N) is 2. The largest absolute Gasteiger partial charge is 0.497 e. The van der Waals surface area contributed by atoms with Gasteiger partial charge in [0.15, 0.2) is 0 Å². The molecular weight excluding hydrogens is 244 g/mol. The second kappa shape index (κ2) is 6.19. The van der Waals surface area contributed by atoms with Gasteiger partial charge in [0.2, 0.25) is 5.89 Å². The Morgan fingerprint density at radius 1 is 1.37 bits per heavy atom. The van der Waals surface area contributed by atoms with Gasteiger partial charge in [0.1, 0.15) is 5.75 Å². The first-order valence-electron chi connectivity index (χ1n) is 6.10. The molecule has 0 amide bonds. The van der Waals surface area contributed by atoms with E-state index in [4.69, 9.17) is 9.15 Å². The Balaban J connectivity index is 1.96. The van der Waals surface area contributed by atoms with Crippen LogP contribution >= 0.6 is 0 Å². The van der Waals surface area contributed by atoms with E-state index >= 15 is 0 Å². The first-order valence-corrected chi connectivity index (χ1v) is 6.10. The zero-order valence-electron chi connectivity index (χ0n) is 11.3. The Hall–Kier alpha value is -2.08. The fourth-order valence-electron chi connectivity index (χ4n) is 1.56. The van der Waals surface area contributed by atoms with Gasteiger partial charge in [-0.15, -0.1) is 5.10 Å². The van der Waals surface area contributed by atoms with Gasteiger partial charge in [-0.05, 0) is 31.7 Å². The molecular formula is C13H18N4O2. The van der Waals surface area contributed by atoms with Crippen LogP contribution in [0.5, 0.6) is 5.75 Å². The third-order valence-electron chi connectivity index (χ3n) is 2.82. The summed E-state index contributed by atoms with van der Waals surface area (Å²) in [7, 11) is 3.49. The first-order chi connectivity index (χ1) is 9.22. The van der Waals surface area contributed by atoms with Crippen molar-refractivity contribution in [2.75, 3.05) is 19.5 Å². The van der Waals surface area contributed by atoms with Crippen molar-refractivity contribution >= 4 is 6.01 Å². The maximum absolute atomic E-state index is 5.49. The topological polar surface area (TPSA) is 72.2 Å². The van der Waals surface area contributed by atoms with Crippen molar-refractivity contribution in [1.82, 2.24) is 15.5 Å². The number of benzene rings is 1. The van der Waals surface area contributed by atoms with Gasteiger partial charge in [0, 0.05) is 6.54 Å². The minimum absolute atomic E-state index is 0.0415. The van der Waals surface area contributed by atoms with Gasteiger partial charge < -0.3 is 19.8 Å². The zero-order valence-corrected chi connectivity index (χ0v) is 11.3. The predicted octanol–water partition coefficient (Wildman–Crippen LogP) is 1.97. The van der Waals surface area contributed by atoms with Crippen molar-refractivity contribution in [2.24, 2.45) is 0 Å². The van der Waals surface area contributed by atoms with Crippen LogP contribution in [0.4, 0.5) is 6.01 Å². The summed E-state index contributed by atoms with van der Waals surface area (Å²) >= 11 is 0. The predicted molar refractivity (Wildman–Crippen MR) is 72.1 cm³/mol. The molecule has 1 aromatic heterocycles. The molecule has 0 fully saturated rings. The standard InChI is InChI=1S/C13H18N4O2/c1-9(14-2)12-16-17-13(19-12)15-8-10-5-4-6-11(7-10)18-3/h4-7,9,14H,8H2,1-3H3,(H,15,17). The van der Waals surface area contributed by atoms with Crippen LogP contribution in [0.25, 0.3) is 0 Å². The lowest BCUT2D eigenvalue weighted by Gasteiger charge is -2.05. The van der Waals surface area contributed by atoms with Crippen LogP contribution in [0.3, 0.4) is 0 Å². The van der Waals surface area contributed by atoms with Gasteiger partial charge in [-0.3, -0.25) is 0 Å². The van der Waals surface area contributed by atoms with Gasteiger partial charge in [-0.1, -0.05) is 17.2 Å². The van der Waals surface area contributed by atoms with Gasteiger partial charge in [-0.2, -0.15) is 0 Å². The highest BCUT2D eigenvalue weighted by Crippen LogP contribution is 2.16. The molecule has 1 atom stereocenters. The first kappa shape index (κ1) is 13.4. The summed E-state index contributed by atoms with van der Waals surface area (Å²) in [5, 5.41) is 14.0. The fraction of sp³-hybridized carbons (Fsp3) is 0.385. The van der Waals surface area contributed by atoms with Crippen LogP contribution in [-0.2, 0) is 6.54 Å². The molecule has 0 saturated heterocycles. The number of nitrogens with zero attached hydrogens (tertiary/aromatic N) is 2. The molecule has 0 bridgehead atoms. The van der Waals surface area contributed by atoms with Crippen LogP contribution in [0.1, 0.15) is 24.4 Å². The lowest BCUT2D eigenvalue weighted by Crippen LogP contribution is -2.12. The second-order valence-corrected chi connectivity index (χ2v) is 4.16. The van der Waals surface area contributed by atoms with Gasteiger partial charge in [0.05, 0.1) is 13.2 Å². The van der Waals surface area contributed by atoms with E-state index in [9.17, 15) is 0 Å². The van der Waals surface area contributed by atoms with E-state index in [2.05, 4.69) is 20.8 Å². The number of aromatic nitrogens is 2. The van der Waals surface area contributed by atoms with E-state index < -0.39 is 0 Å². The summed E-state index contributed by atoms with van der Waals surface area (Å²) < 4.78 is 10.7. The number of anilines is 1. The molecule has 19 heavy (non-hydrogen) atoms. The molecule has 0 spiro atoms. The summed E-state index contributed by atoms with van der Waals surface area (Å²) in [5.74, 6) is 1.39. The summed E-state index contributed by atoms with van der Waals surface area (Å²) in [6.45, 7) is 2.56. The molecule has 102 valence electrons. The molecule has 2 rings (SSSR count). The number of ether oxygens (including phenoxy) is 1. The zero-order chi connectivity index (χ0) is 13.7. The van der Waals surface area contributed by atoms with Crippen LogP contribution in [0.2, 0.25) is 0 Å². The average Bonchev–Trinajstić information content (AvgIpc) is 2.93. The lowest BCUT2D eigenvalue weighted by atomic mass is 10.2. The Bertz CT molecular complexity index is 527. The number of hydrogen-bond acceptors (Lipinski definition) is 6. The Morgan fingerprint density at radius 2 is 2.21 bits per heavy atom. The molecule has 1 unspecified atom stereocenters. The monoisotopic (exact) mass is 262 g/mol. The molecule has 0 aliphatic carbocycles. The molecule has 0 aliphatic heterocycles. The Morgan fingerprint density at radius 3 is 2.95 bits per heavy atom. The fourth-order valence-corrected chi connectivity index (χ4v) is 1.56. The minimum atomic E-state index is 0.0415. The maximum Gasteiger partial charge on any atom is 0.315 e. The molecule has 6 heteroatoms. The van der Waals surface area contributed by atoms with Gasteiger partial charge in [-0.25, -0.2) is 0 Å². The van der Waals surface area contributed by atoms with Crippen LogP contribution in [0, 0.1) is 0 Å². The van der Waals surface area contributed by atoms with E-state index in [-0.39, 0.29) is 6.04 Å². The molecule has 2 N–H and O–H groups in total. The lowest BCUT2D eigenvalue weighted by molar-refractivity contribution is 0.414. The molecule has 2 aromatic rings. The van der Waals surface area contributed by atoms with Gasteiger partial charge in [0.25, 0.3) is 0 Å².